The lowest BCUT2D eigenvalue weighted by Gasteiger charge is -2.36. The van der Waals surface area contributed by atoms with Crippen LogP contribution in [0.1, 0.15) is 24.0 Å². The minimum Gasteiger partial charge on any atom is -0.347 e. The fourth-order valence-corrected chi connectivity index (χ4v) is 4.06. The number of hydrogen-bond acceptors (Lipinski definition) is 4. The van der Waals surface area contributed by atoms with E-state index in [0.29, 0.717) is 6.54 Å². The lowest BCUT2D eigenvalue weighted by atomic mass is 9.94. The molecule has 1 aromatic carbocycles. The van der Waals surface area contributed by atoms with Gasteiger partial charge in [-0.1, -0.05) is 24.3 Å². The number of likely N-dealkylation sites (N-methyl/N-ethyl adjacent to an activating group) is 1. The molecule has 0 saturated carbocycles. The zero-order chi connectivity index (χ0) is 18.7. The van der Waals surface area contributed by atoms with E-state index in [4.69, 9.17) is 5.73 Å². The van der Waals surface area contributed by atoms with E-state index in [1.54, 1.807) is 19.0 Å². The second-order valence-electron chi connectivity index (χ2n) is 7.74. The summed E-state index contributed by atoms with van der Waals surface area (Å²) < 4.78 is 0. The number of nitrogens with zero attached hydrogens (tertiary/aromatic N) is 3. The van der Waals surface area contributed by atoms with E-state index in [2.05, 4.69) is 29.2 Å². The summed E-state index contributed by atoms with van der Waals surface area (Å²) in [4.78, 5) is 30.7. The maximum atomic E-state index is 12.8. The summed E-state index contributed by atoms with van der Waals surface area (Å²) in [7, 11) is 3.48. The molecular formula is C20H30N4O2. The van der Waals surface area contributed by atoms with Gasteiger partial charge in [0.25, 0.3) is 0 Å². The average Bonchev–Trinajstić information content (AvgIpc) is 2.87. The highest BCUT2D eigenvalue weighted by Gasteiger charge is 2.41. The molecule has 0 radical (unpaired) electrons. The van der Waals surface area contributed by atoms with Crippen LogP contribution in [0.4, 0.5) is 0 Å². The monoisotopic (exact) mass is 358 g/mol. The molecule has 1 aromatic rings. The van der Waals surface area contributed by atoms with E-state index in [-0.39, 0.29) is 30.3 Å². The van der Waals surface area contributed by atoms with E-state index in [9.17, 15) is 9.59 Å². The van der Waals surface area contributed by atoms with E-state index in [0.717, 1.165) is 38.9 Å². The van der Waals surface area contributed by atoms with E-state index < -0.39 is 0 Å². The van der Waals surface area contributed by atoms with Gasteiger partial charge in [0.2, 0.25) is 11.8 Å². The van der Waals surface area contributed by atoms with Gasteiger partial charge in [-0.2, -0.15) is 0 Å². The predicted octanol–water partition coefficient (Wildman–Crippen LogP) is 0.699. The van der Waals surface area contributed by atoms with Crippen LogP contribution in [0.25, 0.3) is 0 Å². The van der Waals surface area contributed by atoms with Crippen LogP contribution < -0.4 is 5.73 Å². The topological polar surface area (TPSA) is 69.9 Å². The first-order valence-electron chi connectivity index (χ1n) is 9.48. The maximum Gasteiger partial charge on any atom is 0.241 e. The van der Waals surface area contributed by atoms with Crippen molar-refractivity contribution in [3.8, 4) is 0 Å². The zero-order valence-electron chi connectivity index (χ0n) is 15.9. The Morgan fingerprint density at radius 2 is 2.00 bits per heavy atom. The molecule has 2 bridgehead atoms. The Balaban J connectivity index is 1.70. The molecule has 26 heavy (non-hydrogen) atoms. The first-order chi connectivity index (χ1) is 12.5. The van der Waals surface area contributed by atoms with E-state index in [1.807, 2.05) is 4.90 Å². The van der Waals surface area contributed by atoms with Crippen LogP contribution in [-0.2, 0) is 22.6 Å². The van der Waals surface area contributed by atoms with Crippen molar-refractivity contribution in [1.29, 1.82) is 0 Å². The highest BCUT2D eigenvalue weighted by molar-refractivity contribution is 5.86. The van der Waals surface area contributed by atoms with Gasteiger partial charge in [-0.25, -0.2) is 0 Å². The Labute approximate surface area is 155 Å². The van der Waals surface area contributed by atoms with Gasteiger partial charge in [-0.05, 0) is 36.9 Å². The standard InChI is InChI=1S/C20H30N4O2/c1-22(2)19(25)14-24-18-7-6-17(20(24)26)12-23(13-18)11-16-5-3-4-15(10-16)8-9-21/h3-5,10,17-18H,6-9,11-14,21H2,1-2H3/t17-,18+/m1/s1. The Morgan fingerprint density at radius 1 is 1.23 bits per heavy atom. The summed E-state index contributed by atoms with van der Waals surface area (Å²) in [5.41, 5.74) is 8.19. The third-order valence-corrected chi connectivity index (χ3v) is 5.50. The molecule has 6 nitrogen and oxygen atoms in total. The Hall–Kier alpha value is -1.92. The molecule has 0 aliphatic carbocycles. The highest BCUT2D eigenvalue weighted by Crippen LogP contribution is 2.30. The molecule has 6 heteroatoms. The smallest absolute Gasteiger partial charge is 0.241 e. The summed E-state index contributed by atoms with van der Waals surface area (Å²) in [6.45, 7) is 3.31. The molecule has 0 aromatic heterocycles. The number of piperidine rings is 1. The largest absolute Gasteiger partial charge is 0.347 e. The van der Waals surface area contributed by atoms with Gasteiger partial charge in [-0.15, -0.1) is 0 Å². The summed E-state index contributed by atoms with van der Waals surface area (Å²) in [5.74, 6) is 0.152. The third-order valence-electron chi connectivity index (χ3n) is 5.50. The van der Waals surface area contributed by atoms with Gasteiger partial charge in [0.05, 0.1) is 5.92 Å². The molecule has 2 N–H and O–H groups in total. The number of benzene rings is 1. The molecule has 4 rings (SSSR count). The van der Waals surface area contributed by atoms with Crippen molar-refractivity contribution in [3.05, 3.63) is 35.4 Å². The second kappa shape index (κ2) is 8.18. The van der Waals surface area contributed by atoms with Crippen molar-refractivity contribution in [2.75, 3.05) is 40.3 Å². The summed E-state index contributed by atoms with van der Waals surface area (Å²) >= 11 is 0. The Kier molecular flexibility index (Phi) is 5.94. The van der Waals surface area contributed by atoms with Crippen LogP contribution >= 0.6 is 0 Å². The molecule has 3 aliphatic rings. The molecule has 3 aliphatic heterocycles. The van der Waals surface area contributed by atoms with Crippen LogP contribution in [0.15, 0.2) is 24.3 Å². The van der Waals surface area contributed by atoms with Crippen LogP contribution in [-0.4, -0.2) is 72.8 Å². The molecule has 3 fully saturated rings. The van der Waals surface area contributed by atoms with Crippen molar-refractivity contribution in [1.82, 2.24) is 14.7 Å². The molecule has 0 unspecified atom stereocenters. The van der Waals surface area contributed by atoms with Gasteiger partial charge < -0.3 is 15.5 Å². The highest BCUT2D eigenvalue weighted by atomic mass is 16.2. The van der Waals surface area contributed by atoms with Crippen LogP contribution in [0.5, 0.6) is 0 Å². The summed E-state index contributed by atoms with van der Waals surface area (Å²) in [5, 5.41) is 0. The SMILES string of the molecule is CN(C)C(=O)CN1C(=O)[C@@H]2CC[C@H]1CN(Cc1cccc(CCN)c1)C2. The lowest BCUT2D eigenvalue weighted by Crippen LogP contribution is -2.51. The normalized spacial score (nSPS) is 23.2. The van der Waals surface area contributed by atoms with Gasteiger partial charge in [0.1, 0.15) is 6.54 Å². The summed E-state index contributed by atoms with van der Waals surface area (Å²) in [6.07, 6.45) is 2.80. The second-order valence-corrected chi connectivity index (χ2v) is 7.74. The fraction of sp³-hybridized carbons (Fsp3) is 0.600. The van der Waals surface area contributed by atoms with Crippen LogP contribution in [0, 0.1) is 5.92 Å². The Bertz CT molecular complexity index is 661. The minimum atomic E-state index is -0.00747. The quantitative estimate of drug-likeness (QED) is 0.813. The minimum absolute atomic E-state index is 0.00747. The molecule has 3 saturated heterocycles. The Morgan fingerprint density at radius 3 is 2.73 bits per heavy atom. The molecule has 2 atom stereocenters. The number of carbonyl (C=O) groups is 2. The summed E-state index contributed by atoms with van der Waals surface area (Å²) in [6, 6.07) is 8.69. The number of fused-ring (bicyclic) bond motifs is 4. The van der Waals surface area contributed by atoms with Gasteiger partial charge in [0, 0.05) is 39.8 Å². The number of rotatable bonds is 6. The predicted molar refractivity (Wildman–Crippen MR) is 101 cm³/mol. The number of hydrogen-bond donors (Lipinski definition) is 1. The van der Waals surface area contributed by atoms with Gasteiger partial charge in [-0.3, -0.25) is 14.5 Å². The average molecular weight is 358 g/mol. The third kappa shape index (κ3) is 4.24. The first-order valence-corrected chi connectivity index (χ1v) is 9.48. The molecule has 142 valence electrons. The maximum absolute atomic E-state index is 12.8. The number of amides is 2. The zero-order valence-corrected chi connectivity index (χ0v) is 15.9. The molecular weight excluding hydrogens is 328 g/mol. The van der Waals surface area contributed by atoms with Crippen molar-refractivity contribution < 1.29 is 9.59 Å². The van der Waals surface area contributed by atoms with Crippen molar-refractivity contribution in [2.24, 2.45) is 11.7 Å². The van der Waals surface area contributed by atoms with Crippen molar-refractivity contribution in [3.63, 3.8) is 0 Å². The van der Waals surface area contributed by atoms with E-state index in [1.165, 1.54) is 11.1 Å². The van der Waals surface area contributed by atoms with Crippen LogP contribution in [0.2, 0.25) is 0 Å². The lowest BCUT2D eigenvalue weighted by molar-refractivity contribution is -0.145. The van der Waals surface area contributed by atoms with E-state index >= 15 is 0 Å². The molecule has 0 spiro atoms. The van der Waals surface area contributed by atoms with Crippen molar-refractivity contribution >= 4 is 11.8 Å². The van der Waals surface area contributed by atoms with Gasteiger partial charge >= 0.3 is 0 Å². The fourth-order valence-electron chi connectivity index (χ4n) is 4.06. The van der Waals surface area contributed by atoms with Crippen LogP contribution in [0.3, 0.4) is 0 Å². The van der Waals surface area contributed by atoms with Gasteiger partial charge in [0.15, 0.2) is 0 Å². The molecule has 2 amide bonds. The first kappa shape index (κ1) is 18.9. The molecule has 3 heterocycles. The van der Waals surface area contributed by atoms with Crippen molar-refractivity contribution in [2.45, 2.75) is 31.8 Å². The number of nitrogens with two attached hydrogens (primary N) is 1. The number of carbonyl (C=O) groups excluding carboxylic acids is 2.